The molecule has 1 heterocycles. The normalized spacial score (nSPS) is 16.0. The predicted molar refractivity (Wildman–Crippen MR) is 91.2 cm³/mol. The SMILES string of the molecule is CCCCCOc1ccc(C(C)N2CCCNC2=O)cc1OC. The number of hydrogen-bond donors (Lipinski definition) is 1. The first-order chi connectivity index (χ1) is 11.2. The molecule has 1 saturated heterocycles. The molecule has 1 atom stereocenters. The molecular formula is C18H28N2O3. The molecule has 0 spiro atoms. The van der Waals surface area contributed by atoms with Gasteiger partial charge in [-0.25, -0.2) is 4.79 Å². The highest BCUT2D eigenvalue weighted by molar-refractivity contribution is 5.75. The number of urea groups is 1. The van der Waals surface area contributed by atoms with Crippen molar-refractivity contribution in [1.82, 2.24) is 10.2 Å². The van der Waals surface area contributed by atoms with Crippen LogP contribution in [0.3, 0.4) is 0 Å². The largest absolute Gasteiger partial charge is 0.493 e. The van der Waals surface area contributed by atoms with E-state index >= 15 is 0 Å². The number of hydrogen-bond acceptors (Lipinski definition) is 3. The van der Waals surface area contributed by atoms with Crippen molar-refractivity contribution in [3.8, 4) is 11.5 Å². The van der Waals surface area contributed by atoms with Crippen molar-refractivity contribution in [3.05, 3.63) is 23.8 Å². The molecule has 2 amide bonds. The molecule has 0 radical (unpaired) electrons. The zero-order valence-electron chi connectivity index (χ0n) is 14.4. The number of amides is 2. The second-order valence-electron chi connectivity index (χ2n) is 5.92. The second-order valence-corrected chi connectivity index (χ2v) is 5.92. The lowest BCUT2D eigenvalue weighted by Crippen LogP contribution is -2.47. The van der Waals surface area contributed by atoms with E-state index in [0.29, 0.717) is 6.61 Å². The molecule has 1 N–H and O–H groups in total. The third-order valence-electron chi connectivity index (χ3n) is 4.26. The van der Waals surface area contributed by atoms with Crippen molar-refractivity contribution < 1.29 is 14.3 Å². The van der Waals surface area contributed by atoms with Gasteiger partial charge >= 0.3 is 6.03 Å². The van der Waals surface area contributed by atoms with Crippen molar-refractivity contribution in [2.45, 2.75) is 45.6 Å². The van der Waals surface area contributed by atoms with E-state index in [1.165, 1.54) is 12.8 Å². The van der Waals surface area contributed by atoms with Gasteiger partial charge in [-0.15, -0.1) is 0 Å². The molecule has 0 aliphatic carbocycles. The lowest BCUT2D eigenvalue weighted by atomic mass is 10.1. The van der Waals surface area contributed by atoms with E-state index in [-0.39, 0.29) is 12.1 Å². The van der Waals surface area contributed by atoms with Gasteiger partial charge in [-0.1, -0.05) is 25.8 Å². The third kappa shape index (κ3) is 4.53. The minimum absolute atomic E-state index is 0.00242. The monoisotopic (exact) mass is 320 g/mol. The van der Waals surface area contributed by atoms with E-state index in [2.05, 4.69) is 12.2 Å². The lowest BCUT2D eigenvalue weighted by molar-refractivity contribution is 0.166. The van der Waals surface area contributed by atoms with Crippen LogP contribution in [0.2, 0.25) is 0 Å². The second kappa shape index (κ2) is 8.65. The van der Waals surface area contributed by atoms with E-state index in [0.717, 1.165) is 43.0 Å². The van der Waals surface area contributed by atoms with Crippen LogP contribution in [0.5, 0.6) is 11.5 Å². The molecular weight excluding hydrogens is 292 g/mol. The molecule has 1 fully saturated rings. The number of rotatable bonds is 8. The van der Waals surface area contributed by atoms with Crippen LogP contribution in [-0.2, 0) is 0 Å². The van der Waals surface area contributed by atoms with Crippen LogP contribution >= 0.6 is 0 Å². The van der Waals surface area contributed by atoms with Crippen molar-refractivity contribution in [3.63, 3.8) is 0 Å². The molecule has 0 saturated carbocycles. The number of benzene rings is 1. The van der Waals surface area contributed by atoms with Crippen LogP contribution < -0.4 is 14.8 Å². The van der Waals surface area contributed by atoms with Gasteiger partial charge < -0.3 is 19.7 Å². The predicted octanol–water partition coefficient (Wildman–Crippen LogP) is 3.74. The first-order valence-corrected chi connectivity index (χ1v) is 8.52. The molecule has 5 heteroatoms. The summed E-state index contributed by atoms with van der Waals surface area (Å²) in [4.78, 5) is 13.9. The number of carbonyl (C=O) groups is 1. The maximum Gasteiger partial charge on any atom is 0.317 e. The zero-order chi connectivity index (χ0) is 16.7. The van der Waals surface area contributed by atoms with Crippen LogP contribution in [0.1, 0.15) is 51.1 Å². The molecule has 23 heavy (non-hydrogen) atoms. The third-order valence-corrected chi connectivity index (χ3v) is 4.26. The molecule has 1 aromatic rings. The molecule has 1 aliphatic heterocycles. The smallest absolute Gasteiger partial charge is 0.317 e. The average Bonchev–Trinajstić information content (AvgIpc) is 2.58. The Labute approximate surface area is 139 Å². The van der Waals surface area contributed by atoms with E-state index in [1.54, 1.807) is 7.11 Å². The zero-order valence-corrected chi connectivity index (χ0v) is 14.4. The summed E-state index contributed by atoms with van der Waals surface area (Å²) in [5, 5.41) is 2.89. The minimum atomic E-state index is 0.00242. The Balaban J connectivity index is 2.06. The van der Waals surface area contributed by atoms with Gasteiger partial charge in [-0.2, -0.15) is 0 Å². The van der Waals surface area contributed by atoms with Gasteiger partial charge in [0.25, 0.3) is 0 Å². The van der Waals surface area contributed by atoms with E-state index in [1.807, 2.05) is 30.0 Å². The number of carbonyl (C=O) groups excluding carboxylic acids is 1. The van der Waals surface area contributed by atoms with Gasteiger partial charge in [0, 0.05) is 13.1 Å². The fourth-order valence-electron chi connectivity index (χ4n) is 2.79. The molecule has 0 bridgehead atoms. The highest BCUT2D eigenvalue weighted by Gasteiger charge is 2.24. The standard InChI is InChI=1S/C18H28N2O3/c1-4-5-6-12-23-16-9-8-15(13-17(16)22-3)14(2)20-11-7-10-19-18(20)21/h8-9,13-14H,4-7,10-12H2,1-3H3,(H,19,21). The summed E-state index contributed by atoms with van der Waals surface area (Å²) in [6.45, 7) is 6.46. The Morgan fingerprint density at radius 2 is 2.13 bits per heavy atom. The summed E-state index contributed by atoms with van der Waals surface area (Å²) < 4.78 is 11.3. The topological polar surface area (TPSA) is 50.8 Å². The molecule has 1 unspecified atom stereocenters. The maximum atomic E-state index is 12.0. The van der Waals surface area contributed by atoms with Crippen LogP contribution in [-0.4, -0.2) is 37.7 Å². The molecule has 128 valence electrons. The average molecular weight is 320 g/mol. The Bertz CT molecular complexity index is 519. The quantitative estimate of drug-likeness (QED) is 0.742. The number of unbranched alkanes of at least 4 members (excludes halogenated alkanes) is 2. The summed E-state index contributed by atoms with van der Waals surface area (Å²) in [5.41, 5.74) is 1.06. The fourth-order valence-corrected chi connectivity index (χ4v) is 2.79. The van der Waals surface area contributed by atoms with Crippen molar-refractivity contribution in [2.75, 3.05) is 26.8 Å². The van der Waals surface area contributed by atoms with Crippen molar-refractivity contribution in [2.24, 2.45) is 0 Å². The van der Waals surface area contributed by atoms with E-state index in [4.69, 9.17) is 9.47 Å². The first-order valence-electron chi connectivity index (χ1n) is 8.52. The first kappa shape index (κ1) is 17.4. The van der Waals surface area contributed by atoms with Gasteiger partial charge in [0.15, 0.2) is 11.5 Å². The van der Waals surface area contributed by atoms with Crippen molar-refractivity contribution in [1.29, 1.82) is 0 Å². The summed E-state index contributed by atoms with van der Waals surface area (Å²) in [6, 6.07) is 5.95. The highest BCUT2D eigenvalue weighted by Crippen LogP contribution is 2.32. The highest BCUT2D eigenvalue weighted by atomic mass is 16.5. The van der Waals surface area contributed by atoms with Crippen LogP contribution in [0.25, 0.3) is 0 Å². The molecule has 2 rings (SSSR count). The minimum Gasteiger partial charge on any atom is -0.493 e. The summed E-state index contributed by atoms with van der Waals surface area (Å²) in [6.07, 6.45) is 4.37. The van der Waals surface area contributed by atoms with E-state index < -0.39 is 0 Å². The summed E-state index contributed by atoms with van der Waals surface area (Å²) in [7, 11) is 1.65. The Morgan fingerprint density at radius 1 is 1.30 bits per heavy atom. The number of ether oxygens (including phenoxy) is 2. The van der Waals surface area contributed by atoms with Gasteiger partial charge in [0.05, 0.1) is 19.8 Å². The number of methoxy groups -OCH3 is 1. The molecule has 1 aliphatic rings. The fraction of sp³-hybridized carbons (Fsp3) is 0.611. The lowest BCUT2D eigenvalue weighted by Gasteiger charge is -2.33. The number of nitrogens with one attached hydrogen (secondary N) is 1. The van der Waals surface area contributed by atoms with Gasteiger partial charge in [-0.05, 0) is 37.5 Å². The Kier molecular flexibility index (Phi) is 6.56. The van der Waals surface area contributed by atoms with Crippen LogP contribution in [0.15, 0.2) is 18.2 Å². The van der Waals surface area contributed by atoms with Gasteiger partial charge in [-0.3, -0.25) is 0 Å². The van der Waals surface area contributed by atoms with E-state index in [9.17, 15) is 4.79 Å². The van der Waals surface area contributed by atoms with Crippen LogP contribution in [0, 0.1) is 0 Å². The van der Waals surface area contributed by atoms with Crippen LogP contribution in [0.4, 0.5) is 4.79 Å². The summed E-state index contributed by atoms with van der Waals surface area (Å²) >= 11 is 0. The Hall–Kier alpha value is -1.91. The molecule has 1 aromatic carbocycles. The van der Waals surface area contributed by atoms with Gasteiger partial charge in [0.1, 0.15) is 0 Å². The summed E-state index contributed by atoms with van der Waals surface area (Å²) in [5.74, 6) is 1.49. The van der Waals surface area contributed by atoms with Gasteiger partial charge in [0.2, 0.25) is 0 Å². The maximum absolute atomic E-state index is 12.0. The number of nitrogens with zero attached hydrogens (tertiary/aromatic N) is 1. The van der Waals surface area contributed by atoms with Crippen molar-refractivity contribution >= 4 is 6.03 Å². The molecule has 5 nitrogen and oxygen atoms in total. The Morgan fingerprint density at radius 3 is 2.83 bits per heavy atom. The molecule has 0 aromatic heterocycles.